The number of carbonyl (C=O) groups is 1. The van der Waals surface area contributed by atoms with Crippen molar-refractivity contribution in [3.05, 3.63) is 60.2 Å². The molecule has 2 rings (SSSR count). The van der Waals surface area contributed by atoms with Crippen LogP contribution >= 0.6 is 0 Å². The van der Waals surface area contributed by atoms with E-state index in [1.165, 1.54) is 31.2 Å². The zero-order valence-electron chi connectivity index (χ0n) is 14.0. The smallest absolute Gasteiger partial charge is 0.350 e. The van der Waals surface area contributed by atoms with Crippen LogP contribution in [-0.2, 0) is 9.53 Å². The fourth-order valence-electron chi connectivity index (χ4n) is 2.30. The second-order valence-corrected chi connectivity index (χ2v) is 5.84. The molecule has 0 amide bonds. The minimum absolute atomic E-state index is 0.0846. The molecule has 128 valence electrons. The Balaban J connectivity index is 2.15. The van der Waals surface area contributed by atoms with Crippen LogP contribution in [0.4, 0.5) is 0 Å². The lowest BCUT2D eigenvalue weighted by Gasteiger charge is -2.33. The molecule has 0 aromatic heterocycles. The lowest BCUT2D eigenvalue weighted by Crippen LogP contribution is -2.51. The number of carboxylic acids is 1. The molecule has 0 heterocycles. The number of hydrogen-bond donors (Lipinski definition) is 2. The summed E-state index contributed by atoms with van der Waals surface area (Å²) in [5.74, 6) is -0.690. The van der Waals surface area contributed by atoms with Crippen molar-refractivity contribution in [2.45, 2.75) is 38.6 Å². The summed E-state index contributed by atoms with van der Waals surface area (Å²) in [7, 11) is 0. The molecular weight excluding hydrogens is 308 g/mol. The summed E-state index contributed by atoms with van der Waals surface area (Å²) in [6.07, 6.45) is -0.984. The van der Waals surface area contributed by atoms with Gasteiger partial charge in [0.25, 0.3) is 0 Å². The van der Waals surface area contributed by atoms with Crippen molar-refractivity contribution in [3.63, 3.8) is 0 Å². The third-order valence-corrected chi connectivity index (χ3v) is 4.04. The van der Waals surface area contributed by atoms with Crippen LogP contribution in [0.2, 0.25) is 0 Å². The predicted molar refractivity (Wildman–Crippen MR) is 90.2 cm³/mol. The van der Waals surface area contributed by atoms with Crippen molar-refractivity contribution in [3.8, 4) is 11.5 Å². The molecule has 2 aromatic rings. The number of phenols is 1. The Morgan fingerprint density at radius 2 is 1.62 bits per heavy atom. The Bertz CT molecular complexity index is 668. The summed E-state index contributed by atoms with van der Waals surface area (Å²) in [6.45, 7) is 5.02. The second-order valence-electron chi connectivity index (χ2n) is 5.84. The molecule has 3 unspecified atom stereocenters. The summed E-state index contributed by atoms with van der Waals surface area (Å²) in [4.78, 5) is 11.8. The third kappa shape index (κ3) is 4.06. The Morgan fingerprint density at radius 1 is 1.04 bits per heavy atom. The summed E-state index contributed by atoms with van der Waals surface area (Å²) in [6, 6.07) is 15.5. The SMILES string of the molecule is CC(OC(C)C(C)(Oc1ccc(O)cc1)C(=O)O)c1ccccc1. The van der Waals surface area contributed by atoms with Crippen LogP contribution in [0.25, 0.3) is 0 Å². The summed E-state index contributed by atoms with van der Waals surface area (Å²) in [5, 5.41) is 19.0. The van der Waals surface area contributed by atoms with Gasteiger partial charge in [0.05, 0.1) is 6.10 Å². The number of carboxylic acid groups (broad SMARTS) is 1. The molecule has 5 heteroatoms. The monoisotopic (exact) mass is 330 g/mol. The van der Waals surface area contributed by atoms with Gasteiger partial charge < -0.3 is 19.7 Å². The van der Waals surface area contributed by atoms with Crippen molar-refractivity contribution < 1.29 is 24.5 Å². The van der Waals surface area contributed by atoms with Gasteiger partial charge in [0.15, 0.2) is 0 Å². The van der Waals surface area contributed by atoms with Crippen molar-refractivity contribution in [1.29, 1.82) is 0 Å². The third-order valence-electron chi connectivity index (χ3n) is 4.04. The largest absolute Gasteiger partial charge is 0.508 e. The standard InChI is InChI=1S/C19H22O5/c1-13(15-7-5-4-6-8-15)23-14(2)19(3,18(21)22)24-17-11-9-16(20)10-12-17/h4-14,20H,1-3H3,(H,21,22). The molecule has 0 saturated carbocycles. The average Bonchev–Trinajstić information content (AvgIpc) is 2.57. The first-order valence-corrected chi connectivity index (χ1v) is 7.75. The van der Waals surface area contributed by atoms with E-state index in [2.05, 4.69) is 0 Å². The van der Waals surface area contributed by atoms with Crippen LogP contribution in [0.1, 0.15) is 32.4 Å². The maximum atomic E-state index is 11.8. The maximum Gasteiger partial charge on any atom is 0.350 e. The quantitative estimate of drug-likeness (QED) is 0.808. The van der Waals surface area contributed by atoms with E-state index in [4.69, 9.17) is 9.47 Å². The van der Waals surface area contributed by atoms with Gasteiger partial charge in [0.2, 0.25) is 5.60 Å². The molecule has 0 radical (unpaired) electrons. The van der Waals surface area contributed by atoms with Gasteiger partial charge in [-0.2, -0.15) is 0 Å². The van der Waals surface area contributed by atoms with Crippen molar-refractivity contribution in [2.24, 2.45) is 0 Å². The molecule has 0 saturated heterocycles. The van der Waals surface area contributed by atoms with Gasteiger partial charge in [-0.3, -0.25) is 0 Å². The Hall–Kier alpha value is -2.53. The van der Waals surface area contributed by atoms with E-state index in [0.717, 1.165) is 5.56 Å². The number of hydrogen-bond acceptors (Lipinski definition) is 4. The molecule has 0 aliphatic heterocycles. The summed E-state index contributed by atoms with van der Waals surface area (Å²) in [5.41, 5.74) is -0.610. The minimum atomic E-state index is -1.57. The molecule has 0 aliphatic rings. The number of aliphatic carboxylic acids is 1. The number of aromatic hydroxyl groups is 1. The molecule has 3 atom stereocenters. The van der Waals surface area contributed by atoms with Crippen LogP contribution < -0.4 is 4.74 Å². The molecule has 5 nitrogen and oxygen atoms in total. The lowest BCUT2D eigenvalue weighted by atomic mass is 9.99. The fraction of sp³-hybridized carbons (Fsp3) is 0.316. The Labute approximate surface area is 141 Å². The van der Waals surface area contributed by atoms with E-state index in [9.17, 15) is 15.0 Å². The fourth-order valence-corrected chi connectivity index (χ4v) is 2.30. The van der Waals surface area contributed by atoms with Crippen LogP contribution in [0, 0.1) is 0 Å². The van der Waals surface area contributed by atoms with E-state index in [1.54, 1.807) is 6.92 Å². The molecule has 0 fully saturated rings. The first-order valence-electron chi connectivity index (χ1n) is 7.75. The van der Waals surface area contributed by atoms with Gasteiger partial charge in [-0.25, -0.2) is 4.79 Å². The molecule has 2 aromatic carbocycles. The second kappa shape index (κ2) is 7.36. The predicted octanol–water partition coefficient (Wildman–Crippen LogP) is 3.78. The summed E-state index contributed by atoms with van der Waals surface area (Å²) >= 11 is 0. The van der Waals surface area contributed by atoms with Crippen LogP contribution in [0.5, 0.6) is 11.5 Å². The van der Waals surface area contributed by atoms with Crippen LogP contribution in [0.3, 0.4) is 0 Å². The van der Waals surface area contributed by atoms with Crippen LogP contribution in [-0.4, -0.2) is 27.9 Å². The van der Waals surface area contributed by atoms with Gasteiger partial charge in [-0.1, -0.05) is 30.3 Å². The molecule has 24 heavy (non-hydrogen) atoms. The highest BCUT2D eigenvalue weighted by Crippen LogP contribution is 2.28. The normalized spacial score (nSPS) is 16.0. The highest BCUT2D eigenvalue weighted by molar-refractivity contribution is 5.78. The van der Waals surface area contributed by atoms with Gasteiger partial charge in [-0.15, -0.1) is 0 Å². The van der Waals surface area contributed by atoms with Gasteiger partial charge in [-0.05, 0) is 50.6 Å². The first-order chi connectivity index (χ1) is 11.3. The van der Waals surface area contributed by atoms with Gasteiger partial charge in [0.1, 0.15) is 17.6 Å². The highest BCUT2D eigenvalue weighted by atomic mass is 16.6. The first kappa shape index (κ1) is 17.8. The van der Waals surface area contributed by atoms with Crippen molar-refractivity contribution >= 4 is 5.97 Å². The maximum absolute atomic E-state index is 11.8. The van der Waals surface area contributed by atoms with E-state index >= 15 is 0 Å². The molecule has 2 N–H and O–H groups in total. The minimum Gasteiger partial charge on any atom is -0.508 e. The number of rotatable bonds is 7. The Kier molecular flexibility index (Phi) is 5.46. The average molecular weight is 330 g/mol. The zero-order chi connectivity index (χ0) is 17.7. The van der Waals surface area contributed by atoms with Gasteiger partial charge >= 0.3 is 5.97 Å². The molecular formula is C19H22O5. The number of benzene rings is 2. The molecule has 0 aliphatic carbocycles. The topological polar surface area (TPSA) is 76.0 Å². The molecule has 0 spiro atoms. The summed E-state index contributed by atoms with van der Waals surface area (Å²) < 4.78 is 11.6. The number of ether oxygens (including phenoxy) is 2. The van der Waals surface area contributed by atoms with Crippen molar-refractivity contribution in [1.82, 2.24) is 0 Å². The number of phenolic OH excluding ortho intramolecular Hbond substituents is 1. The lowest BCUT2D eigenvalue weighted by molar-refractivity contribution is -0.171. The van der Waals surface area contributed by atoms with Gasteiger partial charge in [0, 0.05) is 0 Å². The Morgan fingerprint density at radius 3 is 2.17 bits per heavy atom. The zero-order valence-corrected chi connectivity index (χ0v) is 14.0. The van der Waals surface area contributed by atoms with E-state index in [-0.39, 0.29) is 11.9 Å². The molecule has 0 bridgehead atoms. The van der Waals surface area contributed by atoms with E-state index in [1.807, 2.05) is 37.3 Å². The van der Waals surface area contributed by atoms with Crippen molar-refractivity contribution in [2.75, 3.05) is 0 Å². The highest BCUT2D eigenvalue weighted by Gasteiger charge is 2.43. The van der Waals surface area contributed by atoms with Crippen LogP contribution in [0.15, 0.2) is 54.6 Å². The van der Waals surface area contributed by atoms with E-state index < -0.39 is 17.7 Å². The van der Waals surface area contributed by atoms with E-state index in [0.29, 0.717) is 5.75 Å².